The summed E-state index contributed by atoms with van der Waals surface area (Å²) in [5.41, 5.74) is 0.882. The van der Waals surface area contributed by atoms with Crippen LogP contribution in [0.15, 0.2) is 29.2 Å². The summed E-state index contributed by atoms with van der Waals surface area (Å²) in [6.45, 7) is 3.58. The van der Waals surface area contributed by atoms with E-state index in [1.807, 2.05) is 6.92 Å². The minimum Gasteiger partial charge on any atom is -0.375 e. The highest BCUT2D eigenvalue weighted by molar-refractivity contribution is 7.90. The zero-order chi connectivity index (χ0) is 16.3. The van der Waals surface area contributed by atoms with Crippen molar-refractivity contribution in [1.82, 2.24) is 10.2 Å². The number of morpholine rings is 1. The minimum atomic E-state index is -3.20. The van der Waals surface area contributed by atoms with Crippen LogP contribution in [-0.4, -0.2) is 57.8 Å². The third-order valence-corrected chi connectivity index (χ3v) is 4.86. The molecule has 0 unspecified atom stereocenters. The molecule has 1 aliphatic heterocycles. The standard InChI is InChI=1S/C15H22N2O4S/c1-11-14(16-8-9-21-11)15(18)17(2)10-12-4-6-13(7-5-12)22(3,19)20/h4-7,11,14,16H,8-10H2,1-3H3/t11-,14+/m1/s1. The maximum Gasteiger partial charge on any atom is 0.242 e. The Kier molecular flexibility index (Phi) is 5.20. The van der Waals surface area contributed by atoms with Crippen LogP contribution >= 0.6 is 0 Å². The number of benzene rings is 1. The van der Waals surface area contributed by atoms with Gasteiger partial charge in [0.25, 0.3) is 0 Å². The second kappa shape index (κ2) is 6.76. The monoisotopic (exact) mass is 326 g/mol. The van der Waals surface area contributed by atoms with E-state index in [1.54, 1.807) is 36.2 Å². The van der Waals surface area contributed by atoms with Crippen LogP contribution in [0.1, 0.15) is 12.5 Å². The Bertz CT molecular complexity index is 627. The third-order valence-electron chi connectivity index (χ3n) is 3.73. The molecule has 2 rings (SSSR count). The fourth-order valence-electron chi connectivity index (χ4n) is 2.44. The first-order valence-electron chi connectivity index (χ1n) is 7.18. The van der Waals surface area contributed by atoms with Gasteiger partial charge in [0.1, 0.15) is 6.04 Å². The number of rotatable bonds is 4. The van der Waals surface area contributed by atoms with E-state index in [0.29, 0.717) is 19.7 Å². The molecule has 1 saturated heterocycles. The number of likely N-dealkylation sites (N-methyl/N-ethyl adjacent to an activating group) is 1. The molecule has 0 aliphatic carbocycles. The maximum absolute atomic E-state index is 12.4. The Morgan fingerprint density at radius 3 is 2.55 bits per heavy atom. The lowest BCUT2D eigenvalue weighted by Gasteiger charge is -2.32. The number of hydrogen-bond acceptors (Lipinski definition) is 5. The van der Waals surface area contributed by atoms with Crippen LogP contribution in [0, 0.1) is 0 Å². The molecule has 1 amide bonds. The van der Waals surface area contributed by atoms with E-state index in [4.69, 9.17) is 4.74 Å². The zero-order valence-electron chi connectivity index (χ0n) is 13.1. The number of nitrogens with one attached hydrogen (secondary N) is 1. The van der Waals surface area contributed by atoms with Gasteiger partial charge in [-0.15, -0.1) is 0 Å². The molecule has 0 aromatic heterocycles. The Morgan fingerprint density at radius 1 is 1.36 bits per heavy atom. The number of sulfone groups is 1. The fraction of sp³-hybridized carbons (Fsp3) is 0.533. The molecular weight excluding hydrogens is 304 g/mol. The lowest BCUT2D eigenvalue weighted by atomic mass is 10.1. The highest BCUT2D eigenvalue weighted by Gasteiger charge is 2.30. The van der Waals surface area contributed by atoms with Crippen LogP contribution in [0.5, 0.6) is 0 Å². The normalized spacial score (nSPS) is 22.3. The molecule has 1 aromatic rings. The smallest absolute Gasteiger partial charge is 0.242 e. The average molecular weight is 326 g/mol. The van der Waals surface area contributed by atoms with Gasteiger partial charge in [-0.3, -0.25) is 4.79 Å². The summed E-state index contributed by atoms with van der Waals surface area (Å²) in [7, 11) is -1.46. The summed E-state index contributed by atoms with van der Waals surface area (Å²) in [6.07, 6.45) is 1.02. The molecule has 1 aliphatic rings. The highest BCUT2D eigenvalue weighted by Crippen LogP contribution is 2.13. The van der Waals surface area contributed by atoms with E-state index in [1.165, 1.54) is 6.26 Å². The molecule has 0 spiro atoms. The lowest BCUT2D eigenvalue weighted by Crippen LogP contribution is -2.55. The Balaban J connectivity index is 2.02. The Morgan fingerprint density at radius 2 is 2.00 bits per heavy atom. The average Bonchev–Trinajstić information content (AvgIpc) is 2.46. The molecule has 122 valence electrons. The molecule has 22 heavy (non-hydrogen) atoms. The number of ether oxygens (including phenoxy) is 1. The summed E-state index contributed by atoms with van der Waals surface area (Å²) in [4.78, 5) is 14.3. The predicted octanol–water partition coefficient (Wildman–Crippen LogP) is 0.425. The number of hydrogen-bond donors (Lipinski definition) is 1. The maximum atomic E-state index is 12.4. The first-order valence-corrected chi connectivity index (χ1v) is 9.07. The number of carbonyl (C=O) groups excluding carboxylic acids is 1. The van der Waals surface area contributed by atoms with Crippen LogP contribution in [0.25, 0.3) is 0 Å². The van der Waals surface area contributed by atoms with Gasteiger partial charge in [-0.1, -0.05) is 12.1 Å². The highest BCUT2D eigenvalue weighted by atomic mass is 32.2. The molecule has 1 heterocycles. The third kappa shape index (κ3) is 4.06. The molecule has 0 bridgehead atoms. The van der Waals surface area contributed by atoms with Crippen molar-refractivity contribution in [2.24, 2.45) is 0 Å². The predicted molar refractivity (Wildman–Crippen MR) is 83.2 cm³/mol. The zero-order valence-corrected chi connectivity index (χ0v) is 13.9. The molecule has 0 radical (unpaired) electrons. The van der Waals surface area contributed by atoms with Crippen molar-refractivity contribution in [2.45, 2.75) is 30.5 Å². The molecule has 1 fully saturated rings. The quantitative estimate of drug-likeness (QED) is 0.868. The van der Waals surface area contributed by atoms with Gasteiger partial charge in [-0.25, -0.2) is 8.42 Å². The van der Waals surface area contributed by atoms with Crippen molar-refractivity contribution in [3.8, 4) is 0 Å². The lowest BCUT2D eigenvalue weighted by molar-refractivity contribution is -0.138. The molecule has 2 atom stereocenters. The van der Waals surface area contributed by atoms with Gasteiger partial charge in [0, 0.05) is 26.4 Å². The summed E-state index contributed by atoms with van der Waals surface area (Å²) in [6, 6.07) is 6.25. The van der Waals surface area contributed by atoms with Gasteiger partial charge in [-0.2, -0.15) is 0 Å². The SMILES string of the molecule is C[C@H]1OCCN[C@@H]1C(=O)N(C)Cc1ccc(S(C)(=O)=O)cc1. The van der Waals surface area contributed by atoms with Crippen molar-refractivity contribution in [2.75, 3.05) is 26.5 Å². The van der Waals surface area contributed by atoms with Crippen LogP contribution in [0.4, 0.5) is 0 Å². The summed E-state index contributed by atoms with van der Waals surface area (Å²) >= 11 is 0. The van der Waals surface area contributed by atoms with Gasteiger partial charge >= 0.3 is 0 Å². The van der Waals surface area contributed by atoms with Crippen molar-refractivity contribution < 1.29 is 17.9 Å². The Labute approximate surface area is 131 Å². The Hall–Kier alpha value is -1.44. The van der Waals surface area contributed by atoms with Gasteiger partial charge in [0.2, 0.25) is 5.91 Å². The van der Waals surface area contributed by atoms with E-state index < -0.39 is 9.84 Å². The van der Waals surface area contributed by atoms with Crippen molar-refractivity contribution >= 4 is 15.7 Å². The van der Waals surface area contributed by atoms with E-state index >= 15 is 0 Å². The second-order valence-electron chi connectivity index (χ2n) is 5.62. The van der Waals surface area contributed by atoms with Crippen molar-refractivity contribution in [1.29, 1.82) is 0 Å². The van der Waals surface area contributed by atoms with Gasteiger partial charge < -0.3 is 15.0 Å². The van der Waals surface area contributed by atoms with Gasteiger partial charge in [0.15, 0.2) is 9.84 Å². The summed E-state index contributed by atoms with van der Waals surface area (Å²) < 4.78 is 28.3. The first kappa shape index (κ1) is 16.9. The van der Waals surface area contributed by atoms with Crippen LogP contribution in [0.2, 0.25) is 0 Å². The molecular formula is C15H22N2O4S. The molecule has 6 nitrogen and oxygen atoms in total. The van der Waals surface area contributed by atoms with Gasteiger partial charge in [0.05, 0.1) is 17.6 Å². The summed E-state index contributed by atoms with van der Waals surface area (Å²) in [5, 5.41) is 3.17. The van der Waals surface area contributed by atoms with Gasteiger partial charge in [-0.05, 0) is 24.6 Å². The van der Waals surface area contributed by atoms with Crippen LogP contribution < -0.4 is 5.32 Å². The number of nitrogens with zero attached hydrogens (tertiary/aromatic N) is 1. The number of amides is 1. The summed E-state index contributed by atoms with van der Waals surface area (Å²) in [5.74, 6) is -0.0283. The van der Waals surface area contributed by atoms with Crippen molar-refractivity contribution in [3.05, 3.63) is 29.8 Å². The minimum absolute atomic E-state index is 0.0283. The largest absolute Gasteiger partial charge is 0.375 e. The van der Waals surface area contributed by atoms with Crippen LogP contribution in [-0.2, 0) is 25.9 Å². The number of carbonyl (C=O) groups is 1. The van der Waals surface area contributed by atoms with E-state index in [9.17, 15) is 13.2 Å². The van der Waals surface area contributed by atoms with E-state index in [0.717, 1.165) is 5.56 Å². The first-order chi connectivity index (χ1) is 10.3. The molecule has 1 aromatic carbocycles. The van der Waals surface area contributed by atoms with Crippen molar-refractivity contribution in [3.63, 3.8) is 0 Å². The van der Waals surface area contributed by atoms with Crippen LogP contribution in [0.3, 0.4) is 0 Å². The van der Waals surface area contributed by atoms with E-state index in [-0.39, 0.29) is 22.9 Å². The van der Waals surface area contributed by atoms with E-state index in [2.05, 4.69) is 5.32 Å². The molecule has 0 saturated carbocycles. The topological polar surface area (TPSA) is 75.7 Å². The fourth-order valence-corrected chi connectivity index (χ4v) is 3.07. The molecule has 7 heteroatoms. The molecule has 1 N–H and O–H groups in total. The second-order valence-corrected chi connectivity index (χ2v) is 7.63.